The van der Waals surface area contributed by atoms with Crippen LogP contribution in [0.4, 0.5) is 0 Å². The Morgan fingerprint density at radius 3 is 3.13 bits per heavy atom. The third-order valence-electron chi connectivity index (χ3n) is 5.33. The number of fused-ring (bicyclic) bond motifs is 1. The zero-order valence-electron chi connectivity index (χ0n) is 13.6. The molecule has 0 bridgehead atoms. The Morgan fingerprint density at radius 1 is 1.35 bits per heavy atom. The molecule has 0 saturated carbocycles. The summed E-state index contributed by atoms with van der Waals surface area (Å²) in [6, 6.07) is 8.87. The molecule has 23 heavy (non-hydrogen) atoms. The van der Waals surface area contributed by atoms with Crippen molar-refractivity contribution in [2.75, 3.05) is 6.54 Å². The molecule has 4 rings (SSSR count). The van der Waals surface area contributed by atoms with Crippen molar-refractivity contribution in [3.8, 4) is 0 Å². The molecule has 1 N–H and O–H groups in total. The van der Waals surface area contributed by atoms with Crippen LogP contribution in [0, 0.1) is 12.8 Å². The van der Waals surface area contributed by atoms with Gasteiger partial charge in [0.15, 0.2) is 0 Å². The van der Waals surface area contributed by atoms with E-state index in [0.717, 1.165) is 38.6 Å². The van der Waals surface area contributed by atoms with E-state index in [0.29, 0.717) is 5.91 Å². The number of hydrogen-bond donors (Lipinski definition) is 1. The van der Waals surface area contributed by atoms with Gasteiger partial charge in [-0.1, -0.05) is 29.8 Å². The van der Waals surface area contributed by atoms with E-state index in [1.807, 2.05) is 6.20 Å². The SMILES string of the molecule is Cc1cccc(C2CCCN2C(=O)C2CCc3[nH]ncc3C2)c1. The molecular weight excluding hydrogens is 286 g/mol. The lowest BCUT2D eigenvalue weighted by Gasteiger charge is -2.31. The Balaban J connectivity index is 1.54. The standard InChI is InChI=1S/C19H23N3O/c1-13-4-2-5-14(10-13)18-6-3-9-22(18)19(23)15-7-8-17-16(11-15)12-20-21-17/h2,4-5,10,12,15,18H,3,6-9,11H2,1H3,(H,20,21). The molecule has 2 unspecified atom stereocenters. The number of benzene rings is 1. The number of rotatable bonds is 2. The molecule has 1 aromatic carbocycles. The first-order valence-electron chi connectivity index (χ1n) is 8.60. The highest BCUT2D eigenvalue weighted by atomic mass is 16.2. The van der Waals surface area contributed by atoms with Gasteiger partial charge in [-0.05, 0) is 50.2 Å². The highest BCUT2D eigenvalue weighted by Crippen LogP contribution is 2.35. The second-order valence-electron chi connectivity index (χ2n) is 6.92. The van der Waals surface area contributed by atoms with Gasteiger partial charge >= 0.3 is 0 Å². The van der Waals surface area contributed by atoms with Crippen LogP contribution in [0.15, 0.2) is 30.5 Å². The third-order valence-corrected chi connectivity index (χ3v) is 5.33. The summed E-state index contributed by atoms with van der Waals surface area (Å²) in [5.74, 6) is 0.450. The number of nitrogens with one attached hydrogen (secondary N) is 1. The maximum absolute atomic E-state index is 13.1. The smallest absolute Gasteiger partial charge is 0.226 e. The molecule has 4 nitrogen and oxygen atoms in total. The molecule has 4 heteroatoms. The van der Waals surface area contributed by atoms with Crippen LogP contribution in [-0.2, 0) is 17.6 Å². The number of hydrogen-bond acceptors (Lipinski definition) is 2. The zero-order valence-corrected chi connectivity index (χ0v) is 13.6. The molecule has 2 aromatic rings. The summed E-state index contributed by atoms with van der Waals surface area (Å²) < 4.78 is 0. The van der Waals surface area contributed by atoms with Crippen LogP contribution in [0.3, 0.4) is 0 Å². The lowest BCUT2D eigenvalue weighted by atomic mass is 9.86. The van der Waals surface area contributed by atoms with Gasteiger partial charge in [0.2, 0.25) is 5.91 Å². The van der Waals surface area contributed by atoms with Gasteiger partial charge in [0.25, 0.3) is 0 Å². The van der Waals surface area contributed by atoms with Crippen LogP contribution in [0.1, 0.15) is 47.7 Å². The summed E-state index contributed by atoms with van der Waals surface area (Å²) in [4.78, 5) is 15.2. The highest BCUT2D eigenvalue weighted by molar-refractivity contribution is 5.80. The molecule has 1 amide bonds. The minimum atomic E-state index is 0.116. The molecule has 1 fully saturated rings. The van der Waals surface area contributed by atoms with Crippen molar-refractivity contribution in [1.29, 1.82) is 0 Å². The molecule has 0 radical (unpaired) electrons. The van der Waals surface area contributed by atoms with Crippen molar-refractivity contribution in [1.82, 2.24) is 15.1 Å². The van der Waals surface area contributed by atoms with Gasteiger partial charge in [0.05, 0.1) is 12.2 Å². The summed E-state index contributed by atoms with van der Waals surface area (Å²) in [6.45, 7) is 3.01. The summed E-state index contributed by atoms with van der Waals surface area (Å²) in [5, 5.41) is 7.17. The van der Waals surface area contributed by atoms with Crippen molar-refractivity contribution < 1.29 is 4.79 Å². The molecule has 1 saturated heterocycles. The van der Waals surface area contributed by atoms with Crippen LogP contribution in [-0.4, -0.2) is 27.5 Å². The van der Waals surface area contributed by atoms with Gasteiger partial charge in [-0.3, -0.25) is 9.89 Å². The second kappa shape index (κ2) is 5.84. The van der Waals surface area contributed by atoms with Gasteiger partial charge in [-0.2, -0.15) is 5.10 Å². The fourth-order valence-corrected chi connectivity index (χ4v) is 4.12. The third kappa shape index (κ3) is 2.67. The minimum absolute atomic E-state index is 0.116. The first-order chi connectivity index (χ1) is 11.2. The predicted octanol–water partition coefficient (Wildman–Crippen LogP) is 3.19. The quantitative estimate of drug-likeness (QED) is 0.926. The molecule has 1 aliphatic heterocycles. The summed E-state index contributed by atoms with van der Waals surface area (Å²) in [7, 11) is 0. The lowest BCUT2D eigenvalue weighted by molar-refractivity contribution is -0.136. The molecule has 1 aliphatic carbocycles. The molecular formula is C19H23N3O. The molecule has 0 spiro atoms. The lowest BCUT2D eigenvalue weighted by Crippen LogP contribution is -2.38. The van der Waals surface area contributed by atoms with Crippen LogP contribution in [0.2, 0.25) is 0 Å². The average molecular weight is 309 g/mol. The number of H-pyrrole nitrogens is 1. The molecule has 2 aliphatic rings. The van der Waals surface area contributed by atoms with E-state index in [9.17, 15) is 4.79 Å². The zero-order chi connectivity index (χ0) is 15.8. The van der Waals surface area contributed by atoms with E-state index in [-0.39, 0.29) is 12.0 Å². The van der Waals surface area contributed by atoms with E-state index >= 15 is 0 Å². The number of nitrogens with zero attached hydrogens (tertiary/aromatic N) is 2. The Bertz CT molecular complexity index is 721. The van der Waals surface area contributed by atoms with Crippen molar-refractivity contribution >= 4 is 5.91 Å². The second-order valence-corrected chi connectivity index (χ2v) is 6.92. The van der Waals surface area contributed by atoms with E-state index < -0.39 is 0 Å². The number of aromatic amines is 1. The summed E-state index contributed by atoms with van der Waals surface area (Å²) in [5.41, 5.74) is 4.99. The van der Waals surface area contributed by atoms with Crippen LogP contribution < -0.4 is 0 Å². The average Bonchev–Trinajstić information content (AvgIpc) is 3.22. The van der Waals surface area contributed by atoms with Crippen molar-refractivity contribution in [3.05, 3.63) is 52.8 Å². The van der Waals surface area contributed by atoms with Gasteiger partial charge in [-0.25, -0.2) is 0 Å². The Labute approximate surface area is 136 Å². The maximum atomic E-state index is 13.1. The van der Waals surface area contributed by atoms with Gasteiger partial charge in [0, 0.05) is 18.2 Å². The first kappa shape index (κ1) is 14.5. The van der Waals surface area contributed by atoms with E-state index in [1.165, 1.54) is 22.4 Å². The first-order valence-corrected chi connectivity index (χ1v) is 8.60. The van der Waals surface area contributed by atoms with Crippen LogP contribution in [0.25, 0.3) is 0 Å². The number of likely N-dealkylation sites (tertiary alicyclic amines) is 1. The minimum Gasteiger partial charge on any atom is -0.335 e. The summed E-state index contributed by atoms with van der Waals surface area (Å²) in [6.07, 6.45) is 6.78. The molecule has 120 valence electrons. The topological polar surface area (TPSA) is 49.0 Å². The fraction of sp³-hybridized carbons (Fsp3) is 0.474. The number of amides is 1. The van der Waals surface area contributed by atoms with Crippen LogP contribution >= 0.6 is 0 Å². The van der Waals surface area contributed by atoms with E-state index in [1.54, 1.807) is 0 Å². The highest BCUT2D eigenvalue weighted by Gasteiger charge is 2.35. The Kier molecular flexibility index (Phi) is 3.68. The fourth-order valence-electron chi connectivity index (χ4n) is 4.12. The van der Waals surface area contributed by atoms with Crippen molar-refractivity contribution in [3.63, 3.8) is 0 Å². The van der Waals surface area contributed by atoms with Crippen molar-refractivity contribution in [2.24, 2.45) is 5.92 Å². The number of carbonyl (C=O) groups is 1. The normalized spacial score (nSPS) is 23.8. The largest absolute Gasteiger partial charge is 0.335 e. The predicted molar refractivity (Wildman–Crippen MR) is 89.0 cm³/mol. The van der Waals surface area contributed by atoms with Gasteiger partial charge in [-0.15, -0.1) is 0 Å². The van der Waals surface area contributed by atoms with Crippen LogP contribution in [0.5, 0.6) is 0 Å². The van der Waals surface area contributed by atoms with Crippen molar-refractivity contribution in [2.45, 2.75) is 45.1 Å². The van der Waals surface area contributed by atoms with Gasteiger partial charge in [0.1, 0.15) is 0 Å². The maximum Gasteiger partial charge on any atom is 0.226 e. The number of carbonyl (C=O) groups excluding carboxylic acids is 1. The Morgan fingerprint density at radius 2 is 2.26 bits per heavy atom. The Hall–Kier alpha value is -2.10. The van der Waals surface area contributed by atoms with E-state index in [4.69, 9.17) is 0 Å². The summed E-state index contributed by atoms with van der Waals surface area (Å²) >= 11 is 0. The van der Waals surface area contributed by atoms with E-state index in [2.05, 4.69) is 46.3 Å². The van der Waals surface area contributed by atoms with Gasteiger partial charge < -0.3 is 4.90 Å². The molecule has 2 atom stereocenters. The number of aryl methyl sites for hydroxylation is 2. The number of aromatic nitrogens is 2. The molecule has 1 aromatic heterocycles. The molecule has 2 heterocycles. The monoisotopic (exact) mass is 309 g/mol.